The van der Waals surface area contributed by atoms with Crippen LogP contribution in [0, 0.1) is 0 Å². The van der Waals surface area contributed by atoms with Crippen LogP contribution < -0.4 is 14.2 Å². The van der Waals surface area contributed by atoms with Crippen molar-refractivity contribution in [2.45, 2.75) is 6.18 Å². The molecule has 0 radical (unpaired) electrons. The molecule has 0 bridgehead atoms. The molecule has 0 aliphatic rings. The molecule has 11 heteroatoms. The Labute approximate surface area is 232 Å². The van der Waals surface area contributed by atoms with Crippen LogP contribution in [0.3, 0.4) is 0 Å². The second-order valence-electron chi connectivity index (χ2n) is 8.55. The van der Waals surface area contributed by atoms with Crippen LogP contribution in [0.15, 0.2) is 78.9 Å². The van der Waals surface area contributed by atoms with Crippen LogP contribution >= 0.6 is 11.6 Å². The summed E-state index contributed by atoms with van der Waals surface area (Å²) in [6.07, 6.45) is -4.75. The van der Waals surface area contributed by atoms with Crippen LogP contribution in [0.5, 0.6) is 17.2 Å². The molecule has 40 heavy (non-hydrogen) atoms. The molecule has 0 fully saturated rings. The van der Waals surface area contributed by atoms with E-state index in [1.807, 2.05) is 0 Å². The van der Waals surface area contributed by atoms with E-state index in [4.69, 9.17) is 25.8 Å². The number of benzene rings is 3. The third kappa shape index (κ3) is 5.30. The molecule has 0 aliphatic heterocycles. The molecule has 0 saturated carbocycles. The zero-order valence-electron chi connectivity index (χ0n) is 21.5. The number of aromatic nitrogens is 4. The molecule has 7 nitrogen and oxygen atoms in total. The summed E-state index contributed by atoms with van der Waals surface area (Å²) < 4.78 is 59.1. The Hall–Kier alpha value is -4.57. The molecule has 0 spiro atoms. The van der Waals surface area contributed by atoms with Gasteiger partial charge in [0, 0.05) is 16.7 Å². The fraction of sp³-hybridized carbons (Fsp3) is 0.138. The van der Waals surface area contributed by atoms with Crippen LogP contribution in [0.2, 0.25) is 5.02 Å². The second kappa shape index (κ2) is 10.9. The minimum atomic E-state index is -4.75. The van der Waals surface area contributed by atoms with E-state index in [0.29, 0.717) is 45.3 Å². The van der Waals surface area contributed by atoms with Crippen LogP contribution in [-0.2, 0) is 6.18 Å². The minimum absolute atomic E-state index is 0.0366. The fourth-order valence-electron chi connectivity index (χ4n) is 4.08. The number of rotatable bonds is 7. The van der Waals surface area contributed by atoms with Gasteiger partial charge in [0.1, 0.15) is 22.9 Å². The predicted octanol–water partition coefficient (Wildman–Crippen LogP) is 7.36. The zero-order valence-corrected chi connectivity index (χ0v) is 22.3. The lowest BCUT2D eigenvalue weighted by molar-refractivity contribution is -0.141. The number of hydrogen-bond donors (Lipinski definition) is 0. The van der Waals surface area contributed by atoms with E-state index < -0.39 is 11.9 Å². The number of ether oxygens (including phenoxy) is 3. The molecule has 0 atom stereocenters. The highest BCUT2D eigenvalue weighted by Gasteiger charge is 2.35. The number of hydrogen-bond acceptors (Lipinski definition) is 6. The molecular weight excluding hydrogens is 545 g/mol. The molecule has 5 aromatic rings. The van der Waals surface area contributed by atoms with Gasteiger partial charge in [-0.2, -0.15) is 23.0 Å². The highest BCUT2D eigenvalue weighted by atomic mass is 35.5. The van der Waals surface area contributed by atoms with Crippen molar-refractivity contribution in [3.8, 4) is 57.0 Å². The van der Waals surface area contributed by atoms with Gasteiger partial charge in [0.25, 0.3) is 5.95 Å². The summed E-state index contributed by atoms with van der Waals surface area (Å²) in [6.45, 7) is 0. The lowest BCUT2D eigenvalue weighted by Gasteiger charge is -2.13. The number of nitrogens with zero attached hydrogens (tertiary/aromatic N) is 4. The van der Waals surface area contributed by atoms with Gasteiger partial charge in [-0.25, -0.2) is 9.97 Å². The van der Waals surface area contributed by atoms with Crippen LogP contribution in [0.1, 0.15) is 5.69 Å². The average Bonchev–Trinajstić information content (AvgIpc) is 3.33. The van der Waals surface area contributed by atoms with Gasteiger partial charge in [0.05, 0.1) is 37.7 Å². The van der Waals surface area contributed by atoms with Gasteiger partial charge in [-0.15, -0.1) is 0 Å². The van der Waals surface area contributed by atoms with Crippen molar-refractivity contribution in [3.63, 3.8) is 0 Å². The Balaban J connectivity index is 1.77. The second-order valence-corrected chi connectivity index (χ2v) is 8.93. The van der Waals surface area contributed by atoms with Gasteiger partial charge in [-0.05, 0) is 66.7 Å². The first-order chi connectivity index (χ1) is 19.2. The summed E-state index contributed by atoms with van der Waals surface area (Å²) in [7, 11) is 4.55. The standard InChI is InChI=1S/C29H22ClF3N4O3/c1-38-20-11-7-17(8-12-20)26-25(30)27(18-9-13-21(39-2)14-10-18)37(36-26)28-34-23(16-24(35-28)29(31,32)33)19-5-4-6-22(15-19)40-3/h4-16H,1-3H3. The maximum atomic E-state index is 14.1. The smallest absolute Gasteiger partial charge is 0.433 e. The van der Waals surface area contributed by atoms with Gasteiger partial charge in [0.15, 0.2) is 5.69 Å². The van der Waals surface area contributed by atoms with Gasteiger partial charge in [-0.1, -0.05) is 23.7 Å². The van der Waals surface area contributed by atoms with Gasteiger partial charge < -0.3 is 14.2 Å². The van der Waals surface area contributed by atoms with Crippen LogP contribution in [0.25, 0.3) is 39.7 Å². The molecule has 0 aliphatic carbocycles. The SMILES string of the molecule is COc1ccc(-c2nn(-c3nc(-c4cccc(OC)c4)cc(C(F)(F)F)n3)c(-c3ccc(OC)cc3)c2Cl)cc1. The minimum Gasteiger partial charge on any atom is -0.497 e. The van der Waals surface area contributed by atoms with Gasteiger partial charge in [0.2, 0.25) is 0 Å². The third-order valence-corrected chi connectivity index (χ3v) is 6.47. The molecule has 0 N–H and O–H groups in total. The lowest BCUT2D eigenvalue weighted by atomic mass is 10.1. The third-order valence-electron chi connectivity index (χ3n) is 6.11. The highest BCUT2D eigenvalue weighted by molar-refractivity contribution is 6.35. The Kier molecular flexibility index (Phi) is 7.36. The van der Waals surface area contributed by atoms with Gasteiger partial charge in [-0.3, -0.25) is 0 Å². The van der Waals surface area contributed by atoms with Gasteiger partial charge >= 0.3 is 6.18 Å². The Morgan fingerprint density at radius 1 is 0.700 bits per heavy atom. The number of alkyl halides is 3. The first kappa shape index (κ1) is 27.0. The van der Waals surface area contributed by atoms with Crippen molar-refractivity contribution < 1.29 is 27.4 Å². The van der Waals surface area contributed by atoms with Crippen molar-refractivity contribution in [1.29, 1.82) is 0 Å². The van der Waals surface area contributed by atoms with E-state index in [9.17, 15) is 13.2 Å². The van der Waals surface area contributed by atoms with Crippen molar-refractivity contribution in [2.24, 2.45) is 0 Å². The fourth-order valence-corrected chi connectivity index (χ4v) is 4.42. The molecule has 0 unspecified atom stereocenters. The van der Waals surface area contributed by atoms with E-state index in [0.717, 1.165) is 6.07 Å². The van der Waals surface area contributed by atoms with Crippen molar-refractivity contribution in [1.82, 2.24) is 19.7 Å². The van der Waals surface area contributed by atoms with E-state index >= 15 is 0 Å². The van der Waals surface area contributed by atoms with Crippen LogP contribution in [0.4, 0.5) is 13.2 Å². The van der Waals surface area contributed by atoms with Crippen molar-refractivity contribution in [2.75, 3.05) is 21.3 Å². The summed E-state index contributed by atoms with van der Waals surface area (Å²) in [4.78, 5) is 8.36. The van der Waals surface area contributed by atoms with E-state index in [1.54, 1.807) is 79.9 Å². The van der Waals surface area contributed by atoms with Crippen LogP contribution in [-0.4, -0.2) is 41.1 Å². The first-order valence-electron chi connectivity index (χ1n) is 11.9. The molecule has 5 rings (SSSR count). The predicted molar refractivity (Wildman–Crippen MR) is 145 cm³/mol. The van der Waals surface area contributed by atoms with E-state index in [-0.39, 0.29) is 16.7 Å². The highest BCUT2D eigenvalue weighted by Crippen LogP contribution is 2.39. The van der Waals surface area contributed by atoms with E-state index in [2.05, 4.69) is 15.1 Å². The molecule has 2 heterocycles. The summed E-state index contributed by atoms with van der Waals surface area (Å²) in [5.74, 6) is 1.38. The molecule has 0 amide bonds. The van der Waals surface area contributed by atoms with Crippen molar-refractivity contribution >= 4 is 11.6 Å². The maximum Gasteiger partial charge on any atom is 0.433 e. The normalized spacial score (nSPS) is 11.4. The quantitative estimate of drug-likeness (QED) is 0.205. The summed E-state index contributed by atoms with van der Waals surface area (Å²) in [6, 6.07) is 21.3. The molecular formula is C29H22ClF3N4O3. The number of halogens is 4. The Morgan fingerprint density at radius 3 is 1.88 bits per heavy atom. The number of methoxy groups -OCH3 is 3. The molecule has 204 valence electrons. The Morgan fingerprint density at radius 2 is 1.30 bits per heavy atom. The van der Waals surface area contributed by atoms with Crippen molar-refractivity contribution in [3.05, 3.63) is 89.6 Å². The molecule has 0 saturated heterocycles. The summed E-state index contributed by atoms with van der Waals surface area (Å²) in [5, 5.41) is 4.82. The zero-order chi connectivity index (χ0) is 28.4. The molecule has 2 aromatic heterocycles. The summed E-state index contributed by atoms with van der Waals surface area (Å²) >= 11 is 6.88. The Bertz CT molecular complexity index is 1650. The largest absolute Gasteiger partial charge is 0.497 e. The molecule has 3 aromatic carbocycles. The average molecular weight is 567 g/mol. The van der Waals surface area contributed by atoms with E-state index in [1.165, 1.54) is 18.9 Å². The topological polar surface area (TPSA) is 71.3 Å². The first-order valence-corrected chi connectivity index (χ1v) is 12.3. The lowest BCUT2D eigenvalue weighted by Crippen LogP contribution is -2.14. The monoisotopic (exact) mass is 566 g/mol. The maximum absolute atomic E-state index is 14.1. The summed E-state index contributed by atoms with van der Waals surface area (Å²) in [5.41, 5.74) is 1.16.